The summed E-state index contributed by atoms with van der Waals surface area (Å²) in [5, 5.41) is 15.5. The van der Waals surface area contributed by atoms with Crippen molar-refractivity contribution in [2.75, 3.05) is 31.8 Å². The third kappa shape index (κ3) is 5.82. The molecule has 1 heterocycles. The minimum atomic E-state index is -0.568. The summed E-state index contributed by atoms with van der Waals surface area (Å²) < 4.78 is 11.1. The van der Waals surface area contributed by atoms with Crippen molar-refractivity contribution in [1.82, 2.24) is 4.98 Å². The van der Waals surface area contributed by atoms with E-state index in [0.29, 0.717) is 33.9 Å². The van der Waals surface area contributed by atoms with E-state index < -0.39 is 5.91 Å². The van der Waals surface area contributed by atoms with Gasteiger partial charge in [-0.25, -0.2) is 0 Å². The lowest BCUT2D eigenvalue weighted by molar-refractivity contribution is 0.0997. The zero-order valence-corrected chi connectivity index (χ0v) is 18.6. The lowest BCUT2D eigenvalue weighted by Crippen LogP contribution is -2.12. The number of anilines is 2. The van der Waals surface area contributed by atoms with Crippen molar-refractivity contribution in [2.24, 2.45) is 5.73 Å². The van der Waals surface area contributed by atoms with Crippen molar-refractivity contribution in [3.63, 3.8) is 0 Å². The summed E-state index contributed by atoms with van der Waals surface area (Å²) in [6.07, 6.45) is 1.64. The number of hydrogen-bond donors (Lipinski definition) is 4. The van der Waals surface area contributed by atoms with Gasteiger partial charge in [0.25, 0.3) is 5.91 Å². The first kappa shape index (κ1) is 23.2. The van der Waals surface area contributed by atoms with Crippen molar-refractivity contribution in [1.29, 1.82) is 0 Å². The number of benzene rings is 3. The topological polar surface area (TPSA) is 119 Å². The smallest absolute Gasteiger partial charge is 0.252 e. The van der Waals surface area contributed by atoms with Crippen molar-refractivity contribution in [2.45, 2.75) is 0 Å². The van der Waals surface area contributed by atoms with Crippen LogP contribution in [0.25, 0.3) is 10.9 Å². The third-order valence-electron chi connectivity index (χ3n) is 4.82. The molecule has 5 N–H and O–H groups in total. The van der Waals surface area contributed by atoms with Crippen molar-refractivity contribution in [3.8, 4) is 23.0 Å². The Hall–Kier alpha value is -4.46. The van der Waals surface area contributed by atoms with Gasteiger partial charge in [0.1, 0.15) is 23.0 Å². The Morgan fingerprint density at radius 3 is 2.06 bits per heavy atom. The van der Waals surface area contributed by atoms with Gasteiger partial charge in [0.05, 0.1) is 18.2 Å². The quantitative estimate of drug-likeness (QED) is 0.319. The molecule has 8 heteroatoms. The number of ether oxygens (including phenoxy) is 2. The monoisotopic (exact) mass is 446 g/mol. The number of hydrogen-bond acceptors (Lipinski definition) is 7. The molecular formula is C25H26N4O4. The van der Waals surface area contributed by atoms with Crippen molar-refractivity contribution < 1.29 is 19.4 Å². The molecule has 0 radical (unpaired) electrons. The van der Waals surface area contributed by atoms with Crippen LogP contribution in [0.15, 0.2) is 72.9 Å². The van der Waals surface area contributed by atoms with Crippen LogP contribution in [0.5, 0.6) is 23.0 Å². The Balaban J connectivity index is 0.000000286. The van der Waals surface area contributed by atoms with E-state index in [1.807, 2.05) is 50.5 Å². The van der Waals surface area contributed by atoms with Gasteiger partial charge < -0.3 is 30.9 Å². The van der Waals surface area contributed by atoms with Crippen LogP contribution in [-0.4, -0.2) is 37.2 Å². The van der Waals surface area contributed by atoms with Crippen LogP contribution in [0.1, 0.15) is 10.4 Å². The number of carbonyl (C=O) groups is 1. The van der Waals surface area contributed by atoms with E-state index >= 15 is 0 Å². The summed E-state index contributed by atoms with van der Waals surface area (Å²) in [4.78, 5) is 15.9. The highest BCUT2D eigenvalue weighted by Gasteiger charge is 2.14. The van der Waals surface area contributed by atoms with Crippen LogP contribution in [-0.2, 0) is 0 Å². The van der Waals surface area contributed by atoms with Crippen molar-refractivity contribution >= 4 is 28.2 Å². The second-order valence-corrected chi connectivity index (χ2v) is 6.92. The molecule has 1 aromatic heterocycles. The number of nitrogens with two attached hydrogens (primary N) is 1. The summed E-state index contributed by atoms with van der Waals surface area (Å²) >= 11 is 0. The van der Waals surface area contributed by atoms with Gasteiger partial charge in [0.2, 0.25) is 0 Å². The number of aromatic nitrogens is 1. The third-order valence-corrected chi connectivity index (χ3v) is 4.82. The summed E-state index contributed by atoms with van der Waals surface area (Å²) in [6, 6.07) is 19.5. The molecule has 0 fully saturated rings. The molecule has 4 rings (SSSR count). The highest BCUT2D eigenvalue weighted by Crippen LogP contribution is 2.33. The molecule has 170 valence electrons. The van der Waals surface area contributed by atoms with Gasteiger partial charge in [0.15, 0.2) is 0 Å². The summed E-state index contributed by atoms with van der Waals surface area (Å²) in [6.45, 7) is 0. The predicted molar refractivity (Wildman–Crippen MR) is 131 cm³/mol. The van der Waals surface area contributed by atoms with E-state index in [1.165, 1.54) is 7.11 Å². The average molecular weight is 447 g/mol. The molecule has 1 amide bonds. The van der Waals surface area contributed by atoms with Gasteiger partial charge in [-0.15, -0.1) is 0 Å². The van der Waals surface area contributed by atoms with E-state index in [1.54, 1.807) is 36.5 Å². The number of pyridine rings is 1. The van der Waals surface area contributed by atoms with Crippen LogP contribution < -0.4 is 25.8 Å². The van der Waals surface area contributed by atoms with E-state index in [-0.39, 0.29) is 5.56 Å². The standard InChI is InChI=1S/C18H17N3O3.C7H9NO/c1-20-11-3-5-12(6-4-11)24-16-7-8-21-15-10-17(23-2)14(18(19)22)9-13(15)16;1-8-6-2-4-7(9)5-3-6/h3-10,20H,1-2H3,(H2,19,22);2-5,8-9H,1H3. The Bertz CT molecular complexity index is 1230. The van der Waals surface area contributed by atoms with E-state index in [0.717, 1.165) is 11.4 Å². The summed E-state index contributed by atoms with van der Waals surface area (Å²) in [5.41, 5.74) is 8.36. The van der Waals surface area contributed by atoms with Crippen LogP contribution in [0.4, 0.5) is 11.4 Å². The van der Waals surface area contributed by atoms with Crippen molar-refractivity contribution in [3.05, 3.63) is 78.5 Å². The fourth-order valence-electron chi connectivity index (χ4n) is 3.04. The highest BCUT2D eigenvalue weighted by molar-refractivity contribution is 6.01. The molecule has 0 aliphatic carbocycles. The first-order chi connectivity index (χ1) is 15.9. The molecule has 0 saturated carbocycles. The molecule has 0 spiro atoms. The highest BCUT2D eigenvalue weighted by atomic mass is 16.5. The van der Waals surface area contributed by atoms with E-state index in [4.69, 9.17) is 20.3 Å². The number of phenolic OH excluding ortho intramolecular Hbond substituents is 1. The predicted octanol–water partition coefficient (Wildman–Crippen LogP) is 4.61. The Morgan fingerprint density at radius 1 is 0.909 bits per heavy atom. The van der Waals surface area contributed by atoms with Gasteiger partial charge in [0, 0.05) is 43.1 Å². The van der Waals surface area contributed by atoms with Gasteiger partial charge in [-0.1, -0.05) is 0 Å². The number of methoxy groups -OCH3 is 1. The van der Waals surface area contributed by atoms with Crippen LogP contribution >= 0.6 is 0 Å². The van der Waals surface area contributed by atoms with Gasteiger partial charge in [-0.2, -0.15) is 0 Å². The molecule has 0 atom stereocenters. The zero-order valence-electron chi connectivity index (χ0n) is 18.6. The molecule has 0 aliphatic rings. The summed E-state index contributed by atoms with van der Waals surface area (Å²) in [5.74, 6) is 1.38. The first-order valence-corrected chi connectivity index (χ1v) is 10.1. The van der Waals surface area contributed by atoms with Gasteiger partial charge >= 0.3 is 0 Å². The molecule has 3 aromatic carbocycles. The molecule has 8 nitrogen and oxygen atoms in total. The number of primary amides is 1. The van der Waals surface area contributed by atoms with E-state index in [9.17, 15) is 4.79 Å². The fourth-order valence-corrected chi connectivity index (χ4v) is 3.04. The maximum Gasteiger partial charge on any atom is 0.252 e. The molecular weight excluding hydrogens is 420 g/mol. The number of rotatable bonds is 6. The SMILES string of the molecule is CNc1ccc(O)cc1.CNc1ccc(Oc2ccnc3cc(OC)c(C(N)=O)cc23)cc1. The number of fused-ring (bicyclic) bond motifs is 1. The minimum absolute atomic E-state index is 0.286. The average Bonchev–Trinajstić information content (AvgIpc) is 2.84. The maximum atomic E-state index is 11.6. The second kappa shape index (κ2) is 10.7. The normalized spacial score (nSPS) is 10.0. The molecule has 4 aromatic rings. The Labute approximate surface area is 192 Å². The Kier molecular flexibility index (Phi) is 7.54. The molecule has 0 saturated heterocycles. The van der Waals surface area contributed by atoms with Gasteiger partial charge in [-0.05, 0) is 60.7 Å². The molecule has 0 bridgehead atoms. The number of amides is 1. The Morgan fingerprint density at radius 2 is 1.52 bits per heavy atom. The van der Waals surface area contributed by atoms with Crippen LogP contribution in [0.2, 0.25) is 0 Å². The molecule has 0 aliphatic heterocycles. The van der Waals surface area contributed by atoms with Crippen LogP contribution in [0, 0.1) is 0 Å². The van der Waals surface area contributed by atoms with Crippen LogP contribution in [0.3, 0.4) is 0 Å². The zero-order chi connectivity index (χ0) is 23.8. The number of nitrogens with zero attached hydrogens (tertiary/aromatic N) is 1. The minimum Gasteiger partial charge on any atom is -0.508 e. The largest absolute Gasteiger partial charge is 0.508 e. The first-order valence-electron chi connectivity index (χ1n) is 10.1. The number of nitrogens with one attached hydrogen (secondary N) is 2. The molecule has 33 heavy (non-hydrogen) atoms. The lowest BCUT2D eigenvalue weighted by Gasteiger charge is -2.12. The molecule has 0 unspecified atom stereocenters. The van der Waals surface area contributed by atoms with Gasteiger partial charge in [-0.3, -0.25) is 9.78 Å². The second-order valence-electron chi connectivity index (χ2n) is 6.92. The number of aromatic hydroxyl groups is 1. The lowest BCUT2D eigenvalue weighted by atomic mass is 10.1. The number of phenols is 1. The fraction of sp³-hybridized carbons (Fsp3) is 0.120. The number of carbonyl (C=O) groups excluding carboxylic acids is 1. The van der Waals surface area contributed by atoms with E-state index in [2.05, 4.69) is 15.6 Å². The maximum absolute atomic E-state index is 11.6. The summed E-state index contributed by atoms with van der Waals surface area (Å²) in [7, 11) is 5.18.